The Balaban J connectivity index is 1.69. The molecule has 1 aromatic rings. The van der Waals surface area contributed by atoms with E-state index in [4.69, 9.17) is 5.26 Å². The summed E-state index contributed by atoms with van der Waals surface area (Å²) >= 11 is 0. The smallest absolute Gasteiger partial charge is 0.134 e. The van der Waals surface area contributed by atoms with Crippen LogP contribution in [0.5, 0.6) is 0 Å². The van der Waals surface area contributed by atoms with Crippen molar-refractivity contribution in [2.45, 2.75) is 38.1 Å². The second-order valence-corrected chi connectivity index (χ2v) is 5.45. The predicted octanol–water partition coefficient (Wildman–Crippen LogP) is 2.18. The van der Waals surface area contributed by atoms with Gasteiger partial charge in [-0.15, -0.1) is 0 Å². The van der Waals surface area contributed by atoms with Gasteiger partial charge in [0.05, 0.1) is 12.0 Å². The molecule has 1 atom stereocenters. The first-order valence-electron chi connectivity index (χ1n) is 7.08. The first-order chi connectivity index (χ1) is 9.35. The number of aromatic nitrogens is 2. The molecule has 1 aliphatic carbocycles. The summed E-state index contributed by atoms with van der Waals surface area (Å²) in [5.41, 5.74) is 0. The van der Waals surface area contributed by atoms with E-state index in [1.54, 1.807) is 6.33 Å². The van der Waals surface area contributed by atoms with Crippen LogP contribution >= 0.6 is 0 Å². The van der Waals surface area contributed by atoms with Gasteiger partial charge in [-0.3, -0.25) is 0 Å². The van der Waals surface area contributed by atoms with Gasteiger partial charge in [0.25, 0.3) is 0 Å². The number of hydrogen-bond acceptors (Lipinski definition) is 5. The quantitative estimate of drug-likeness (QED) is 0.899. The molecule has 0 radical (unpaired) electrons. The molecule has 1 N–H and O–H groups in total. The van der Waals surface area contributed by atoms with Gasteiger partial charge in [0.2, 0.25) is 0 Å². The highest BCUT2D eigenvalue weighted by Crippen LogP contribution is 2.25. The third kappa shape index (κ3) is 2.78. The normalized spacial score (nSPS) is 23.5. The lowest BCUT2D eigenvalue weighted by atomic mass is 9.93. The molecule has 1 saturated heterocycles. The summed E-state index contributed by atoms with van der Waals surface area (Å²) in [4.78, 5) is 10.8. The van der Waals surface area contributed by atoms with Crippen molar-refractivity contribution in [2.24, 2.45) is 5.92 Å². The lowest BCUT2D eigenvalue weighted by Crippen LogP contribution is -2.35. The zero-order chi connectivity index (χ0) is 13.1. The molecule has 1 aliphatic heterocycles. The molecular formula is C14H19N5. The average molecular weight is 257 g/mol. The summed E-state index contributed by atoms with van der Waals surface area (Å²) < 4.78 is 0. The fraction of sp³-hybridized carbons (Fsp3) is 0.643. The summed E-state index contributed by atoms with van der Waals surface area (Å²) in [5, 5.41) is 12.5. The van der Waals surface area contributed by atoms with Gasteiger partial charge in [-0.2, -0.15) is 5.26 Å². The minimum absolute atomic E-state index is 0.131. The van der Waals surface area contributed by atoms with E-state index in [-0.39, 0.29) is 5.92 Å². The van der Waals surface area contributed by atoms with Crippen LogP contribution in [0.25, 0.3) is 0 Å². The molecular weight excluding hydrogens is 238 g/mol. The van der Waals surface area contributed by atoms with Gasteiger partial charge in [0.15, 0.2) is 0 Å². The molecule has 1 saturated carbocycles. The van der Waals surface area contributed by atoms with Crippen LogP contribution in [-0.4, -0.2) is 29.1 Å². The van der Waals surface area contributed by atoms with Gasteiger partial charge >= 0.3 is 0 Å². The number of hydrogen-bond donors (Lipinski definition) is 1. The monoisotopic (exact) mass is 257 g/mol. The molecule has 100 valence electrons. The van der Waals surface area contributed by atoms with Gasteiger partial charge < -0.3 is 10.2 Å². The number of rotatable bonds is 3. The highest BCUT2D eigenvalue weighted by molar-refractivity contribution is 5.49. The van der Waals surface area contributed by atoms with Crippen molar-refractivity contribution >= 4 is 11.6 Å². The van der Waals surface area contributed by atoms with Crippen molar-refractivity contribution in [3.05, 3.63) is 12.4 Å². The van der Waals surface area contributed by atoms with Gasteiger partial charge in [-0.25, -0.2) is 9.97 Å². The molecule has 1 aromatic heterocycles. The highest BCUT2D eigenvalue weighted by Gasteiger charge is 2.22. The van der Waals surface area contributed by atoms with Crippen molar-refractivity contribution in [2.75, 3.05) is 23.3 Å². The SMILES string of the molecule is N#CC1CCCN(c2cc(NC3CCC3)ncn2)C1. The summed E-state index contributed by atoms with van der Waals surface area (Å²) in [5.74, 6) is 1.98. The van der Waals surface area contributed by atoms with Crippen LogP contribution in [0.3, 0.4) is 0 Å². The first kappa shape index (κ1) is 12.2. The molecule has 5 heteroatoms. The number of anilines is 2. The number of nitriles is 1. The lowest BCUT2D eigenvalue weighted by Gasteiger charge is -2.31. The number of piperidine rings is 1. The maximum Gasteiger partial charge on any atom is 0.134 e. The van der Waals surface area contributed by atoms with Gasteiger partial charge in [0, 0.05) is 25.2 Å². The topological polar surface area (TPSA) is 64.8 Å². The largest absolute Gasteiger partial charge is 0.367 e. The Labute approximate surface area is 113 Å². The Morgan fingerprint density at radius 2 is 2.16 bits per heavy atom. The van der Waals surface area contributed by atoms with Crippen LogP contribution in [0.15, 0.2) is 12.4 Å². The molecule has 0 aromatic carbocycles. The average Bonchev–Trinajstić information content (AvgIpc) is 2.43. The molecule has 0 spiro atoms. The molecule has 1 unspecified atom stereocenters. The summed E-state index contributed by atoms with van der Waals surface area (Å²) in [6.45, 7) is 1.77. The van der Waals surface area contributed by atoms with Gasteiger partial charge in [-0.05, 0) is 32.1 Å². The van der Waals surface area contributed by atoms with Crippen molar-refractivity contribution < 1.29 is 0 Å². The molecule has 3 rings (SSSR count). The van der Waals surface area contributed by atoms with E-state index in [2.05, 4.69) is 26.3 Å². The predicted molar refractivity (Wildman–Crippen MR) is 73.8 cm³/mol. The third-order valence-electron chi connectivity index (χ3n) is 4.04. The second kappa shape index (κ2) is 5.43. The van der Waals surface area contributed by atoms with Crippen molar-refractivity contribution in [1.29, 1.82) is 5.26 Å². The Bertz CT molecular complexity index is 477. The zero-order valence-corrected chi connectivity index (χ0v) is 11.0. The zero-order valence-electron chi connectivity index (χ0n) is 11.0. The fourth-order valence-electron chi connectivity index (χ4n) is 2.65. The Morgan fingerprint density at radius 1 is 1.26 bits per heavy atom. The second-order valence-electron chi connectivity index (χ2n) is 5.45. The highest BCUT2D eigenvalue weighted by atomic mass is 15.2. The van der Waals surface area contributed by atoms with E-state index in [1.807, 2.05) is 6.07 Å². The van der Waals surface area contributed by atoms with Crippen LogP contribution in [0, 0.1) is 17.2 Å². The minimum Gasteiger partial charge on any atom is -0.367 e. The molecule has 2 fully saturated rings. The molecule has 2 aliphatic rings. The van der Waals surface area contributed by atoms with Crippen LogP contribution in [-0.2, 0) is 0 Å². The van der Waals surface area contributed by atoms with Gasteiger partial charge in [0.1, 0.15) is 18.0 Å². The maximum atomic E-state index is 9.05. The lowest BCUT2D eigenvalue weighted by molar-refractivity contribution is 0.444. The summed E-state index contributed by atoms with van der Waals surface area (Å²) in [6, 6.07) is 4.96. The Kier molecular flexibility index (Phi) is 3.49. The Morgan fingerprint density at radius 3 is 2.89 bits per heavy atom. The van der Waals surface area contributed by atoms with Crippen molar-refractivity contribution in [1.82, 2.24) is 9.97 Å². The van der Waals surface area contributed by atoms with Crippen molar-refractivity contribution in [3.63, 3.8) is 0 Å². The van der Waals surface area contributed by atoms with Crippen LogP contribution in [0.1, 0.15) is 32.1 Å². The maximum absolute atomic E-state index is 9.05. The molecule has 0 bridgehead atoms. The molecule has 2 heterocycles. The Hall–Kier alpha value is -1.83. The van der Waals surface area contributed by atoms with Crippen LogP contribution in [0.4, 0.5) is 11.6 Å². The van der Waals surface area contributed by atoms with Gasteiger partial charge in [-0.1, -0.05) is 0 Å². The third-order valence-corrected chi connectivity index (χ3v) is 4.04. The summed E-state index contributed by atoms with van der Waals surface area (Å²) in [6.07, 6.45) is 7.47. The van der Waals surface area contributed by atoms with E-state index in [9.17, 15) is 0 Å². The van der Waals surface area contributed by atoms with E-state index in [0.29, 0.717) is 6.04 Å². The number of nitrogens with one attached hydrogen (secondary N) is 1. The van der Waals surface area contributed by atoms with E-state index in [1.165, 1.54) is 19.3 Å². The molecule has 19 heavy (non-hydrogen) atoms. The van der Waals surface area contributed by atoms with E-state index in [0.717, 1.165) is 37.6 Å². The van der Waals surface area contributed by atoms with Crippen LogP contribution < -0.4 is 10.2 Å². The number of nitrogens with zero attached hydrogens (tertiary/aromatic N) is 4. The van der Waals surface area contributed by atoms with Crippen LogP contribution in [0.2, 0.25) is 0 Å². The standard InChI is InChI=1S/C14H19N5/c15-8-11-3-2-6-19(9-11)14-7-13(16-10-17-14)18-12-4-1-5-12/h7,10-12H,1-6,9H2,(H,16,17,18). The van der Waals surface area contributed by atoms with Crippen molar-refractivity contribution in [3.8, 4) is 6.07 Å². The summed E-state index contributed by atoms with van der Waals surface area (Å²) in [7, 11) is 0. The van der Waals surface area contributed by atoms with E-state index < -0.39 is 0 Å². The fourth-order valence-corrected chi connectivity index (χ4v) is 2.65. The van der Waals surface area contributed by atoms with E-state index >= 15 is 0 Å². The minimum atomic E-state index is 0.131. The molecule has 5 nitrogen and oxygen atoms in total. The first-order valence-corrected chi connectivity index (χ1v) is 7.08. The molecule has 0 amide bonds.